The van der Waals surface area contributed by atoms with Gasteiger partial charge in [-0.15, -0.1) is 0 Å². The monoisotopic (exact) mass is 798 g/mol. The number of carbonyl (C=O) groups is 4. The third-order valence-electron chi connectivity index (χ3n) is 10.3. The van der Waals surface area contributed by atoms with Crippen LogP contribution in [-0.4, -0.2) is 61.8 Å². The molecule has 12 heteroatoms. The van der Waals surface area contributed by atoms with Gasteiger partial charge < -0.3 is 28.9 Å². The van der Waals surface area contributed by atoms with E-state index in [1.54, 1.807) is 0 Å². The van der Waals surface area contributed by atoms with Crippen molar-refractivity contribution in [3.8, 4) is 67.8 Å². The van der Waals surface area contributed by atoms with Crippen LogP contribution in [0.15, 0.2) is 133 Å². The Bertz CT molecular complexity index is 2720. The van der Waals surface area contributed by atoms with Crippen molar-refractivity contribution in [3.05, 3.63) is 145 Å². The molecule has 2 aromatic heterocycles. The first kappa shape index (κ1) is 38.7. The summed E-state index contributed by atoms with van der Waals surface area (Å²) in [6.45, 7) is 0. The molecule has 0 saturated carbocycles. The summed E-state index contributed by atoms with van der Waals surface area (Å²) < 4.78 is 22.9. The number of carbonyl (C=O) groups excluding carboxylic acids is 4. The van der Waals surface area contributed by atoms with Crippen molar-refractivity contribution in [2.75, 3.05) is 28.4 Å². The van der Waals surface area contributed by atoms with Gasteiger partial charge in [-0.2, -0.15) is 0 Å². The van der Waals surface area contributed by atoms with Crippen molar-refractivity contribution in [3.63, 3.8) is 0 Å². The molecule has 8 aromatic rings. The molecule has 0 aliphatic rings. The van der Waals surface area contributed by atoms with Crippen molar-refractivity contribution in [2.24, 2.45) is 0 Å². The maximum Gasteiger partial charge on any atom is 0.311 e. The minimum absolute atomic E-state index is 0.0444. The second-order valence-electron chi connectivity index (χ2n) is 13.6. The fraction of sp³-hybridized carbons (Fsp3) is 0.0833. The Morgan fingerprint density at radius 2 is 0.717 bits per heavy atom. The van der Waals surface area contributed by atoms with E-state index >= 15 is 0 Å². The summed E-state index contributed by atoms with van der Waals surface area (Å²) in [5, 5.41) is 1.06. The Labute approximate surface area is 344 Å². The molecule has 298 valence electrons. The number of aromatic amines is 2. The first-order valence-electron chi connectivity index (χ1n) is 18.8. The normalized spacial score (nSPS) is 10.9. The van der Waals surface area contributed by atoms with E-state index in [4.69, 9.17) is 18.9 Å². The van der Waals surface area contributed by atoms with Crippen molar-refractivity contribution in [1.82, 2.24) is 20.8 Å². The largest absolute Gasteiger partial charge is 0.496 e. The molecular weight excluding hydrogens is 761 g/mol. The highest BCUT2D eigenvalue weighted by atomic mass is 16.5. The molecule has 0 aliphatic carbocycles. The van der Waals surface area contributed by atoms with E-state index in [9.17, 15) is 19.2 Å². The van der Waals surface area contributed by atoms with Crippen LogP contribution in [0.1, 0.15) is 20.7 Å². The van der Waals surface area contributed by atoms with Crippen LogP contribution < -0.4 is 29.8 Å². The smallest absolute Gasteiger partial charge is 0.311 e. The third-order valence-corrected chi connectivity index (χ3v) is 10.3. The van der Waals surface area contributed by atoms with Crippen LogP contribution in [0.3, 0.4) is 0 Å². The van der Waals surface area contributed by atoms with Gasteiger partial charge in [0.25, 0.3) is 11.6 Å². The summed E-state index contributed by atoms with van der Waals surface area (Å²) in [5.74, 6) is -3.70. The third kappa shape index (κ3) is 6.75. The highest BCUT2D eigenvalue weighted by Crippen LogP contribution is 2.48. The van der Waals surface area contributed by atoms with Gasteiger partial charge >= 0.3 is 11.8 Å². The number of hydrazine groups is 1. The van der Waals surface area contributed by atoms with E-state index in [2.05, 4.69) is 20.8 Å². The first-order valence-corrected chi connectivity index (χ1v) is 18.8. The molecule has 6 aromatic carbocycles. The zero-order valence-electron chi connectivity index (χ0n) is 33.0. The fourth-order valence-corrected chi connectivity index (χ4v) is 7.62. The van der Waals surface area contributed by atoms with Gasteiger partial charge in [0.1, 0.15) is 23.0 Å². The number of amides is 2. The van der Waals surface area contributed by atoms with Gasteiger partial charge in [0.2, 0.25) is 0 Å². The molecule has 0 unspecified atom stereocenters. The number of hydrogen-bond acceptors (Lipinski definition) is 8. The minimum Gasteiger partial charge on any atom is -0.496 e. The van der Waals surface area contributed by atoms with Crippen LogP contribution in [0.25, 0.3) is 66.6 Å². The van der Waals surface area contributed by atoms with E-state index in [1.807, 2.05) is 121 Å². The number of aromatic nitrogens is 2. The summed E-state index contributed by atoms with van der Waals surface area (Å²) in [6.07, 6.45) is 0. The van der Waals surface area contributed by atoms with Crippen molar-refractivity contribution in [1.29, 1.82) is 0 Å². The Kier molecular flexibility index (Phi) is 10.6. The fourth-order valence-electron chi connectivity index (χ4n) is 7.62. The molecule has 0 bridgehead atoms. The predicted octanol–water partition coefficient (Wildman–Crippen LogP) is 8.56. The summed E-state index contributed by atoms with van der Waals surface area (Å²) in [5.41, 5.74) is 10.7. The lowest BCUT2D eigenvalue weighted by atomic mass is 9.96. The number of Topliss-reactive ketones (excluding diaryl/α,β-unsaturated/α-hetero) is 2. The molecule has 0 spiro atoms. The zero-order valence-corrected chi connectivity index (χ0v) is 33.0. The molecule has 0 fully saturated rings. The molecule has 0 aliphatic heterocycles. The molecule has 2 heterocycles. The van der Waals surface area contributed by atoms with Crippen LogP contribution in [0.4, 0.5) is 0 Å². The number of H-pyrrole nitrogens is 2. The molecule has 2 amide bonds. The Balaban J connectivity index is 1.17. The molecule has 8 rings (SSSR count). The van der Waals surface area contributed by atoms with Crippen LogP contribution in [-0.2, 0) is 9.59 Å². The van der Waals surface area contributed by atoms with Gasteiger partial charge in [-0.05, 0) is 22.3 Å². The number of hydrogen-bond donors (Lipinski definition) is 4. The van der Waals surface area contributed by atoms with Crippen LogP contribution >= 0.6 is 0 Å². The van der Waals surface area contributed by atoms with Crippen molar-refractivity contribution in [2.45, 2.75) is 0 Å². The predicted molar refractivity (Wildman–Crippen MR) is 229 cm³/mol. The molecule has 4 N–H and O–H groups in total. The molecule has 0 radical (unpaired) electrons. The molecule has 0 saturated heterocycles. The summed E-state index contributed by atoms with van der Waals surface area (Å²) in [6, 6.07) is 41.2. The number of methoxy groups -OCH3 is 4. The zero-order chi connectivity index (χ0) is 41.9. The number of benzene rings is 6. The number of ether oxygens (including phenoxy) is 4. The molecular formula is C48H38N4O8. The summed E-state index contributed by atoms with van der Waals surface area (Å²) in [7, 11) is 5.74. The molecule has 60 heavy (non-hydrogen) atoms. The van der Waals surface area contributed by atoms with Gasteiger partial charge in [-0.25, -0.2) is 0 Å². The van der Waals surface area contributed by atoms with Crippen LogP contribution in [0.2, 0.25) is 0 Å². The number of ketones is 2. The standard InChI is InChI=1S/C48H38N4O8/c1-57-31-25-33(59-3)39(43-37(31)35(27-17-9-5-10-18-27)41(49-43)29-21-13-7-14-22-29)45(53)47(55)51-52-48(56)46(54)40-34(60-4)26-32(58-2)38-36(28-19-11-6-12-20-28)42(50-44(38)40)30-23-15-8-16-24-30/h5-26,49-50H,1-4H3,(H,51,55)(H,52,56). The average molecular weight is 799 g/mol. The van der Waals surface area contributed by atoms with Crippen LogP contribution in [0.5, 0.6) is 23.0 Å². The van der Waals surface area contributed by atoms with E-state index in [1.165, 1.54) is 40.6 Å². The molecule has 12 nitrogen and oxygen atoms in total. The number of fused-ring (bicyclic) bond motifs is 2. The second kappa shape index (κ2) is 16.4. The van der Waals surface area contributed by atoms with Gasteiger partial charge in [-0.1, -0.05) is 121 Å². The average Bonchev–Trinajstić information content (AvgIpc) is 3.91. The van der Waals surface area contributed by atoms with Crippen LogP contribution in [0, 0.1) is 0 Å². The Hall–Kier alpha value is -8.12. The summed E-state index contributed by atoms with van der Waals surface area (Å²) >= 11 is 0. The van der Waals surface area contributed by atoms with E-state index in [-0.39, 0.29) is 33.7 Å². The maximum atomic E-state index is 14.2. The van der Waals surface area contributed by atoms with Gasteiger partial charge in [0, 0.05) is 23.3 Å². The first-order chi connectivity index (χ1) is 29.3. The van der Waals surface area contributed by atoms with Gasteiger partial charge in [-0.3, -0.25) is 30.0 Å². The lowest BCUT2D eigenvalue weighted by molar-refractivity contribution is -0.124. The topological polar surface area (TPSA) is 161 Å². The lowest BCUT2D eigenvalue weighted by Crippen LogP contribution is -2.47. The van der Waals surface area contributed by atoms with E-state index in [0.29, 0.717) is 33.7 Å². The van der Waals surface area contributed by atoms with Gasteiger partial charge in [0.15, 0.2) is 0 Å². The minimum atomic E-state index is -1.23. The van der Waals surface area contributed by atoms with E-state index in [0.717, 1.165) is 33.4 Å². The molecule has 0 atom stereocenters. The Morgan fingerprint density at radius 3 is 1.02 bits per heavy atom. The van der Waals surface area contributed by atoms with Crippen molar-refractivity contribution >= 4 is 45.2 Å². The number of nitrogens with one attached hydrogen (secondary N) is 4. The second-order valence-corrected chi connectivity index (χ2v) is 13.6. The Morgan fingerprint density at radius 1 is 0.417 bits per heavy atom. The van der Waals surface area contributed by atoms with Crippen molar-refractivity contribution < 1.29 is 38.1 Å². The highest BCUT2D eigenvalue weighted by Gasteiger charge is 2.33. The SMILES string of the molecule is COc1cc(OC)c2c(-c3ccccc3)c(-c3ccccc3)[nH]c2c1C(=O)C(=O)NNC(=O)C(=O)c1c(OC)cc(OC)c2c(-c3ccccc3)c(-c3ccccc3)[nH]c12. The summed E-state index contributed by atoms with van der Waals surface area (Å²) in [4.78, 5) is 62.7. The quantitative estimate of drug-likeness (QED) is 0.0543. The maximum absolute atomic E-state index is 14.2. The number of rotatable bonds is 12. The van der Waals surface area contributed by atoms with E-state index < -0.39 is 23.4 Å². The van der Waals surface area contributed by atoms with Gasteiger partial charge in [0.05, 0.1) is 72.8 Å². The highest BCUT2D eigenvalue weighted by molar-refractivity contribution is 6.48. The lowest BCUT2D eigenvalue weighted by Gasteiger charge is -2.14.